The Hall–Kier alpha value is -2.73. The summed E-state index contributed by atoms with van der Waals surface area (Å²) in [7, 11) is 0. The van der Waals surface area contributed by atoms with E-state index in [2.05, 4.69) is 20.4 Å². The summed E-state index contributed by atoms with van der Waals surface area (Å²) in [5, 5.41) is 6.87. The molecule has 6 heteroatoms. The highest BCUT2D eigenvalue weighted by atomic mass is 32.1. The third-order valence-electron chi connectivity index (χ3n) is 4.37. The van der Waals surface area contributed by atoms with Crippen LogP contribution in [0, 0.1) is 5.82 Å². The van der Waals surface area contributed by atoms with Crippen LogP contribution in [0.4, 0.5) is 15.2 Å². The molecular weight excluding hydrogens is 347 g/mol. The second-order valence-corrected chi connectivity index (χ2v) is 7.04. The molecule has 26 heavy (non-hydrogen) atoms. The number of aromatic nitrogens is 1. The number of benzene rings is 2. The van der Waals surface area contributed by atoms with Gasteiger partial charge in [0.25, 0.3) is 0 Å². The van der Waals surface area contributed by atoms with Crippen molar-refractivity contribution < 1.29 is 4.39 Å². The number of anilines is 2. The molecule has 0 unspecified atom stereocenters. The van der Waals surface area contributed by atoms with Crippen LogP contribution in [-0.2, 0) is 0 Å². The fourth-order valence-corrected chi connectivity index (χ4v) is 3.72. The zero-order chi connectivity index (χ0) is 17.8. The minimum Gasteiger partial charge on any atom is -0.369 e. The highest BCUT2D eigenvalue weighted by molar-refractivity contribution is 7.14. The summed E-state index contributed by atoms with van der Waals surface area (Å²) in [6.07, 6.45) is 3.87. The van der Waals surface area contributed by atoms with Gasteiger partial charge in [0.2, 0.25) is 5.13 Å². The van der Waals surface area contributed by atoms with Crippen molar-refractivity contribution in [2.24, 2.45) is 5.10 Å². The lowest BCUT2D eigenvalue weighted by atomic mass is 10.2. The Balaban J connectivity index is 1.41. The van der Waals surface area contributed by atoms with E-state index >= 15 is 0 Å². The summed E-state index contributed by atoms with van der Waals surface area (Å²) in [4.78, 5) is 6.60. The van der Waals surface area contributed by atoms with Gasteiger partial charge in [-0.1, -0.05) is 36.4 Å². The molecule has 0 amide bonds. The van der Waals surface area contributed by atoms with Gasteiger partial charge in [-0.3, -0.25) is 5.43 Å². The Kier molecular flexibility index (Phi) is 4.93. The van der Waals surface area contributed by atoms with Crippen molar-refractivity contribution >= 4 is 28.4 Å². The van der Waals surface area contributed by atoms with Gasteiger partial charge < -0.3 is 4.90 Å². The predicted octanol–water partition coefficient (Wildman–Crippen LogP) is 5.00. The second-order valence-electron chi connectivity index (χ2n) is 6.18. The van der Waals surface area contributed by atoms with Gasteiger partial charge in [-0.15, -0.1) is 11.3 Å². The molecule has 132 valence electrons. The van der Waals surface area contributed by atoms with E-state index in [1.54, 1.807) is 6.21 Å². The summed E-state index contributed by atoms with van der Waals surface area (Å²) in [5.74, 6) is -0.198. The molecule has 2 heterocycles. The normalized spacial score (nSPS) is 14.3. The van der Waals surface area contributed by atoms with Crippen LogP contribution in [-0.4, -0.2) is 24.3 Å². The lowest BCUT2D eigenvalue weighted by Gasteiger charge is -2.18. The van der Waals surface area contributed by atoms with Gasteiger partial charge in [0.15, 0.2) is 0 Å². The first-order valence-electron chi connectivity index (χ1n) is 8.64. The molecule has 1 aliphatic heterocycles. The maximum absolute atomic E-state index is 14.3. The van der Waals surface area contributed by atoms with Crippen LogP contribution < -0.4 is 10.3 Å². The molecule has 0 radical (unpaired) electrons. The summed E-state index contributed by atoms with van der Waals surface area (Å²) in [6.45, 7) is 1.86. The Morgan fingerprint density at radius 2 is 1.92 bits per heavy atom. The molecule has 1 fully saturated rings. The number of hydrazone groups is 1. The molecule has 0 saturated carbocycles. The first kappa shape index (κ1) is 16.7. The zero-order valence-electron chi connectivity index (χ0n) is 14.2. The molecule has 4 nitrogen and oxygen atoms in total. The minimum absolute atomic E-state index is 0.198. The summed E-state index contributed by atoms with van der Waals surface area (Å²) in [5.41, 5.74) is 6.30. The Labute approximate surface area is 156 Å². The summed E-state index contributed by atoms with van der Waals surface area (Å²) < 4.78 is 14.3. The van der Waals surface area contributed by atoms with Crippen LogP contribution in [0.15, 0.2) is 59.0 Å². The Morgan fingerprint density at radius 1 is 1.12 bits per heavy atom. The summed E-state index contributed by atoms with van der Waals surface area (Å²) in [6, 6.07) is 15.2. The molecule has 3 aromatic rings. The monoisotopic (exact) mass is 366 g/mol. The van der Waals surface area contributed by atoms with Crippen LogP contribution in [0.3, 0.4) is 0 Å². The number of nitrogens with one attached hydrogen (secondary N) is 1. The lowest BCUT2D eigenvalue weighted by Crippen LogP contribution is -2.18. The van der Waals surface area contributed by atoms with Crippen LogP contribution in [0.5, 0.6) is 0 Å². The molecule has 4 rings (SSSR count). The van der Waals surface area contributed by atoms with Crippen molar-refractivity contribution in [2.45, 2.75) is 12.8 Å². The number of hydrogen-bond donors (Lipinski definition) is 1. The molecule has 1 saturated heterocycles. The average Bonchev–Trinajstić information content (AvgIpc) is 3.35. The quantitative estimate of drug-likeness (QED) is 0.510. The molecule has 1 aliphatic rings. The van der Waals surface area contributed by atoms with Crippen molar-refractivity contribution in [3.63, 3.8) is 0 Å². The van der Waals surface area contributed by atoms with Crippen LogP contribution in [0.25, 0.3) is 11.3 Å². The average molecular weight is 366 g/mol. The van der Waals surface area contributed by atoms with Gasteiger partial charge in [0.1, 0.15) is 5.82 Å². The largest absolute Gasteiger partial charge is 0.369 e. The Bertz CT molecular complexity index is 901. The van der Waals surface area contributed by atoms with E-state index in [0.29, 0.717) is 10.8 Å². The van der Waals surface area contributed by atoms with Gasteiger partial charge in [-0.25, -0.2) is 9.37 Å². The van der Waals surface area contributed by atoms with Crippen LogP contribution in [0.1, 0.15) is 18.4 Å². The molecule has 0 spiro atoms. The zero-order valence-corrected chi connectivity index (χ0v) is 15.0. The maximum atomic E-state index is 14.3. The highest BCUT2D eigenvalue weighted by Gasteiger charge is 2.15. The third-order valence-corrected chi connectivity index (χ3v) is 5.11. The number of nitrogens with zero attached hydrogens (tertiary/aromatic N) is 3. The third kappa shape index (κ3) is 3.75. The molecule has 2 aromatic carbocycles. The number of rotatable bonds is 5. The first-order valence-corrected chi connectivity index (χ1v) is 9.52. The van der Waals surface area contributed by atoms with Gasteiger partial charge in [-0.05, 0) is 30.5 Å². The van der Waals surface area contributed by atoms with Crippen LogP contribution in [0.2, 0.25) is 0 Å². The standard InChI is InChI=1S/C20H19FN4S/c21-17-12-15(8-9-19(17)25-10-4-5-11-25)13-22-24-20-23-18(14-26-20)16-6-2-1-3-7-16/h1-3,6-9,12-14H,4-5,10-11H2,(H,23,24). The van der Waals surface area contributed by atoms with Gasteiger partial charge in [0.05, 0.1) is 17.6 Å². The second kappa shape index (κ2) is 7.66. The minimum atomic E-state index is -0.198. The summed E-state index contributed by atoms with van der Waals surface area (Å²) >= 11 is 1.49. The lowest BCUT2D eigenvalue weighted by molar-refractivity contribution is 0.623. The van der Waals surface area contributed by atoms with Gasteiger partial charge >= 0.3 is 0 Å². The predicted molar refractivity (Wildman–Crippen MR) is 107 cm³/mol. The van der Waals surface area contributed by atoms with Crippen molar-refractivity contribution in [3.8, 4) is 11.3 Å². The molecule has 0 bridgehead atoms. The molecular formula is C20H19FN4S. The topological polar surface area (TPSA) is 40.5 Å². The molecule has 1 aromatic heterocycles. The smallest absolute Gasteiger partial charge is 0.203 e. The van der Waals surface area contributed by atoms with Crippen molar-refractivity contribution in [2.75, 3.05) is 23.4 Å². The van der Waals surface area contributed by atoms with Crippen LogP contribution >= 0.6 is 11.3 Å². The first-order chi connectivity index (χ1) is 12.8. The molecule has 0 aliphatic carbocycles. The maximum Gasteiger partial charge on any atom is 0.203 e. The SMILES string of the molecule is Fc1cc(C=NNc2nc(-c3ccccc3)cs2)ccc1N1CCCC1. The fourth-order valence-electron chi connectivity index (χ4n) is 3.05. The van der Waals surface area contributed by atoms with E-state index in [0.717, 1.165) is 42.8 Å². The highest BCUT2D eigenvalue weighted by Crippen LogP contribution is 2.25. The van der Waals surface area contributed by atoms with Gasteiger partial charge in [-0.2, -0.15) is 5.10 Å². The van der Waals surface area contributed by atoms with Gasteiger partial charge in [0, 0.05) is 24.0 Å². The number of halogens is 1. The molecule has 1 N–H and O–H groups in total. The van der Waals surface area contributed by atoms with Crippen molar-refractivity contribution in [1.82, 2.24) is 4.98 Å². The van der Waals surface area contributed by atoms with E-state index in [1.165, 1.54) is 17.4 Å². The van der Waals surface area contributed by atoms with E-state index in [1.807, 2.05) is 47.8 Å². The van der Waals surface area contributed by atoms with E-state index in [4.69, 9.17) is 0 Å². The van der Waals surface area contributed by atoms with E-state index in [-0.39, 0.29) is 5.82 Å². The fraction of sp³-hybridized carbons (Fsp3) is 0.200. The number of hydrogen-bond acceptors (Lipinski definition) is 5. The Morgan fingerprint density at radius 3 is 2.69 bits per heavy atom. The van der Waals surface area contributed by atoms with Crippen molar-refractivity contribution in [3.05, 3.63) is 65.3 Å². The number of thiazole rings is 1. The van der Waals surface area contributed by atoms with Crippen molar-refractivity contribution in [1.29, 1.82) is 0 Å². The van der Waals surface area contributed by atoms with E-state index < -0.39 is 0 Å². The van der Waals surface area contributed by atoms with E-state index in [9.17, 15) is 4.39 Å². The molecule has 0 atom stereocenters.